The van der Waals surface area contributed by atoms with E-state index in [1.807, 2.05) is 37.3 Å². The minimum atomic E-state index is -0.763. The van der Waals surface area contributed by atoms with Crippen molar-refractivity contribution in [3.8, 4) is 0 Å². The molecule has 6 heteroatoms. The van der Waals surface area contributed by atoms with Crippen LogP contribution in [-0.4, -0.2) is 17.9 Å². The number of halogens is 2. The van der Waals surface area contributed by atoms with E-state index in [4.69, 9.17) is 0 Å². The lowest BCUT2D eigenvalue weighted by molar-refractivity contribution is -0.131. The molecule has 2 amide bonds. The Morgan fingerprint density at radius 3 is 2.20 bits per heavy atom. The summed E-state index contributed by atoms with van der Waals surface area (Å²) in [5.74, 6) is -2.64. The Hall–Kier alpha value is -2.60. The molecule has 0 radical (unpaired) electrons. The Morgan fingerprint density at radius 2 is 1.60 bits per heavy atom. The molecule has 0 aliphatic carbocycles. The second-order valence-corrected chi connectivity index (χ2v) is 5.89. The maximum absolute atomic E-state index is 13.1. The Bertz CT molecular complexity index is 730. The van der Waals surface area contributed by atoms with Gasteiger partial charge in [0, 0.05) is 12.1 Å². The minimum Gasteiger partial charge on any atom is -0.299 e. The molecule has 2 N–H and O–H groups in total. The zero-order chi connectivity index (χ0) is 18.4. The first-order valence-electron chi connectivity index (χ1n) is 7.95. The molecular weight excluding hydrogens is 326 g/mol. The van der Waals surface area contributed by atoms with Crippen molar-refractivity contribution in [1.29, 1.82) is 0 Å². The largest absolute Gasteiger partial charge is 0.299 e. The Balaban J connectivity index is 1.88. The SMILES string of the molecule is CC(N[C@H](C)C(=O)NC(=O)Cc1cc(F)cc(F)c1)c1ccccc1. The van der Waals surface area contributed by atoms with Crippen molar-refractivity contribution in [3.05, 3.63) is 71.3 Å². The summed E-state index contributed by atoms with van der Waals surface area (Å²) in [6, 6.07) is 11.7. The quantitative estimate of drug-likeness (QED) is 0.846. The molecule has 1 unspecified atom stereocenters. The monoisotopic (exact) mass is 346 g/mol. The number of carbonyl (C=O) groups is 2. The predicted molar refractivity (Wildman–Crippen MR) is 90.7 cm³/mol. The minimum absolute atomic E-state index is 0.0747. The van der Waals surface area contributed by atoms with Crippen LogP contribution < -0.4 is 10.6 Å². The number of rotatable bonds is 6. The number of hydrogen-bond donors (Lipinski definition) is 2. The molecular formula is C19H20F2N2O2. The van der Waals surface area contributed by atoms with Crippen molar-refractivity contribution >= 4 is 11.8 Å². The first-order chi connectivity index (χ1) is 11.8. The molecule has 0 aliphatic heterocycles. The zero-order valence-corrected chi connectivity index (χ0v) is 14.1. The average molecular weight is 346 g/mol. The van der Waals surface area contributed by atoms with Crippen LogP contribution in [-0.2, 0) is 16.0 Å². The standard InChI is InChI=1S/C19H20F2N2O2/c1-12(15-6-4-3-5-7-15)22-13(2)19(25)23-18(24)10-14-8-16(20)11-17(21)9-14/h3-9,11-13,22H,10H2,1-2H3,(H,23,24,25)/t12?,13-/m1/s1. The van der Waals surface area contributed by atoms with Gasteiger partial charge in [0.2, 0.25) is 11.8 Å². The summed E-state index contributed by atoms with van der Waals surface area (Å²) in [7, 11) is 0. The van der Waals surface area contributed by atoms with Gasteiger partial charge in [0.15, 0.2) is 0 Å². The van der Waals surface area contributed by atoms with Crippen molar-refractivity contribution in [3.63, 3.8) is 0 Å². The highest BCUT2D eigenvalue weighted by atomic mass is 19.1. The third kappa shape index (κ3) is 5.76. The smallest absolute Gasteiger partial charge is 0.243 e. The Morgan fingerprint density at radius 1 is 1.00 bits per heavy atom. The summed E-state index contributed by atoms with van der Waals surface area (Å²) in [6.07, 6.45) is -0.276. The first kappa shape index (κ1) is 18.7. The van der Waals surface area contributed by atoms with Gasteiger partial charge >= 0.3 is 0 Å². The number of carbonyl (C=O) groups excluding carboxylic acids is 2. The van der Waals surface area contributed by atoms with E-state index < -0.39 is 29.5 Å². The van der Waals surface area contributed by atoms with Crippen molar-refractivity contribution < 1.29 is 18.4 Å². The zero-order valence-electron chi connectivity index (χ0n) is 14.1. The Kier molecular flexibility index (Phi) is 6.36. The summed E-state index contributed by atoms with van der Waals surface area (Å²) in [5.41, 5.74) is 1.18. The predicted octanol–water partition coefficient (Wildman–Crippen LogP) is 2.89. The van der Waals surface area contributed by atoms with E-state index in [0.717, 1.165) is 23.8 Å². The highest BCUT2D eigenvalue weighted by Gasteiger charge is 2.18. The molecule has 0 fully saturated rings. The third-order valence-corrected chi connectivity index (χ3v) is 3.74. The van der Waals surface area contributed by atoms with Crippen molar-refractivity contribution in [2.45, 2.75) is 32.4 Å². The molecule has 0 aromatic heterocycles. The summed E-state index contributed by atoms with van der Waals surface area (Å²) < 4.78 is 26.3. The molecule has 2 aromatic rings. The summed E-state index contributed by atoms with van der Waals surface area (Å²) in [4.78, 5) is 24.0. The van der Waals surface area contributed by atoms with Gasteiger partial charge < -0.3 is 0 Å². The van der Waals surface area contributed by atoms with Crippen LogP contribution in [0.4, 0.5) is 8.78 Å². The maximum Gasteiger partial charge on any atom is 0.243 e. The van der Waals surface area contributed by atoms with Gasteiger partial charge in [-0.05, 0) is 37.1 Å². The van der Waals surface area contributed by atoms with Crippen molar-refractivity contribution in [2.75, 3.05) is 0 Å². The maximum atomic E-state index is 13.1. The highest BCUT2D eigenvalue weighted by Crippen LogP contribution is 2.12. The van der Waals surface area contributed by atoms with E-state index in [1.54, 1.807) is 6.92 Å². The number of nitrogens with one attached hydrogen (secondary N) is 2. The molecule has 25 heavy (non-hydrogen) atoms. The average Bonchev–Trinajstić information content (AvgIpc) is 2.54. The van der Waals surface area contributed by atoms with Gasteiger partial charge in [0.25, 0.3) is 0 Å². The molecule has 0 spiro atoms. The number of amides is 2. The van der Waals surface area contributed by atoms with Gasteiger partial charge in [-0.2, -0.15) is 0 Å². The topological polar surface area (TPSA) is 58.2 Å². The highest BCUT2D eigenvalue weighted by molar-refractivity contribution is 5.98. The third-order valence-electron chi connectivity index (χ3n) is 3.74. The lowest BCUT2D eigenvalue weighted by Gasteiger charge is -2.19. The fourth-order valence-electron chi connectivity index (χ4n) is 2.48. The second-order valence-electron chi connectivity index (χ2n) is 5.89. The molecule has 0 saturated carbocycles. The van der Waals surface area contributed by atoms with Gasteiger partial charge in [-0.15, -0.1) is 0 Å². The van der Waals surface area contributed by atoms with Crippen molar-refractivity contribution in [1.82, 2.24) is 10.6 Å². The van der Waals surface area contributed by atoms with Crippen LogP contribution in [0.25, 0.3) is 0 Å². The van der Waals surface area contributed by atoms with E-state index in [2.05, 4.69) is 10.6 Å². The molecule has 2 aromatic carbocycles. The lowest BCUT2D eigenvalue weighted by atomic mass is 10.1. The number of hydrogen-bond acceptors (Lipinski definition) is 3. The summed E-state index contributed by atoms with van der Waals surface area (Å²) in [5, 5.41) is 5.34. The summed E-state index contributed by atoms with van der Waals surface area (Å²) in [6.45, 7) is 3.56. The first-order valence-corrected chi connectivity index (χ1v) is 7.95. The summed E-state index contributed by atoms with van der Waals surface area (Å²) >= 11 is 0. The van der Waals surface area contributed by atoms with Crippen LogP contribution in [0, 0.1) is 11.6 Å². The van der Waals surface area contributed by atoms with Gasteiger partial charge in [0.1, 0.15) is 11.6 Å². The molecule has 0 heterocycles. The van der Waals surface area contributed by atoms with E-state index in [1.165, 1.54) is 0 Å². The molecule has 0 saturated heterocycles. The van der Waals surface area contributed by atoms with Crippen molar-refractivity contribution in [2.24, 2.45) is 0 Å². The second kappa shape index (κ2) is 8.48. The van der Waals surface area contributed by atoms with E-state index >= 15 is 0 Å². The number of imide groups is 1. The van der Waals surface area contributed by atoms with E-state index in [9.17, 15) is 18.4 Å². The van der Waals surface area contributed by atoms with Gasteiger partial charge in [0.05, 0.1) is 12.5 Å². The van der Waals surface area contributed by atoms with E-state index in [0.29, 0.717) is 0 Å². The van der Waals surface area contributed by atoms with Crippen LogP contribution in [0.1, 0.15) is 31.0 Å². The van der Waals surface area contributed by atoms with Crippen LogP contribution in [0.2, 0.25) is 0 Å². The van der Waals surface area contributed by atoms with Crippen LogP contribution >= 0.6 is 0 Å². The molecule has 2 atom stereocenters. The molecule has 132 valence electrons. The Labute approximate surface area is 145 Å². The number of benzene rings is 2. The van der Waals surface area contributed by atoms with Gasteiger partial charge in [-0.3, -0.25) is 20.2 Å². The van der Waals surface area contributed by atoms with Crippen LogP contribution in [0.5, 0.6) is 0 Å². The van der Waals surface area contributed by atoms with Crippen LogP contribution in [0.3, 0.4) is 0 Å². The van der Waals surface area contributed by atoms with Crippen LogP contribution in [0.15, 0.2) is 48.5 Å². The lowest BCUT2D eigenvalue weighted by Crippen LogP contribution is -2.45. The fourth-order valence-corrected chi connectivity index (χ4v) is 2.48. The molecule has 2 rings (SSSR count). The molecule has 0 bridgehead atoms. The normalized spacial score (nSPS) is 13.1. The van der Waals surface area contributed by atoms with Gasteiger partial charge in [-0.1, -0.05) is 30.3 Å². The van der Waals surface area contributed by atoms with Gasteiger partial charge in [-0.25, -0.2) is 8.78 Å². The molecule has 4 nitrogen and oxygen atoms in total. The molecule has 0 aliphatic rings. The fraction of sp³-hybridized carbons (Fsp3) is 0.263. The van der Waals surface area contributed by atoms with E-state index in [-0.39, 0.29) is 18.0 Å².